The maximum absolute atomic E-state index is 6.03. The fourth-order valence-electron chi connectivity index (χ4n) is 3.12. The van der Waals surface area contributed by atoms with Crippen LogP contribution in [0.4, 0.5) is 0 Å². The predicted molar refractivity (Wildman–Crippen MR) is 88.2 cm³/mol. The minimum Gasteiger partial charge on any atom is -0.381 e. The lowest BCUT2D eigenvalue weighted by Gasteiger charge is -2.38. The number of nitrogens with zero attached hydrogens (tertiary/aromatic N) is 1. The van der Waals surface area contributed by atoms with Crippen molar-refractivity contribution in [1.82, 2.24) is 15.5 Å². The highest BCUT2D eigenvalue weighted by Gasteiger charge is 2.34. The summed E-state index contributed by atoms with van der Waals surface area (Å²) in [4.78, 5) is 0. The van der Waals surface area contributed by atoms with Crippen LogP contribution in [0.25, 0.3) is 0 Å². The van der Waals surface area contributed by atoms with Crippen LogP contribution in [0.1, 0.15) is 29.7 Å². The topological polar surface area (TPSA) is 49.9 Å². The predicted octanol–water partition coefficient (Wildman–Crippen LogP) is 3.21. The van der Waals surface area contributed by atoms with Gasteiger partial charge in [0.25, 0.3) is 0 Å². The molecule has 5 heteroatoms. The molecule has 0 radical (unpaired) electrons. The lowest BCUT2D eigenvalue weighted by Crippen LogP contribution is -2.42. The Labute approximate surface area is 136 Å². The zero-order valence-corrected chi connectivity index (χ0v) is 13.6. The third-order valence-electron chi connectivity index (χ3n) is 4.62. The Kier molecular flexibility index (Phi) is 4.81. The molecule has 0 saturated carbocycles. The van der Waals surface area contributed by atoms with Gasteiger partial charge in [-0.3, -0.25) is 5.10 Å². The number of benzene rings is 1. The summed E-state index contributed by atoms with van der Waals surface area (Å²) in [6.45, 7) is 5.44. The molecule has 0 spiro atoms. The van der Waals surface area contributed by atoms with Gasteiger partial charge in [-0.1, -0.05) is 23.7 Å². The van der Waals surface area contributed by atoms with Crippen molar-refractivity contribution in [2.45, 2.75) is 31.7 Å². The third kappa shape index (κ3) is 3.35. The number of aromatic amines is 1. The van der Waals surface area contributed by atoms with Crippen molar-refractivity contribution in [3.63, 3.8) is 0 Å². The summed E-state index contributed by atoms with van der Waals surface area (Å²) >= 11 is 6.03. The van der Waals surface area contributed by atoms with E-state index in [2.05, 4.69) is 27.6 Å². The van der Waals surface area contributed by atoms with Crippen LogP contribution in [0.2, 0.25) is 5.02 Å². The Morgan fingerprint density at radius 2 is 2.00 bits per heavy atom. The molecule has 22 heavy (non-hydrogen) atoms. The van der Waals surface area contributed by atoms with Crippen LogP contribution in [0.5, 0.6) is 0 Å². The molecule has 2 N–H and O–H groups in total. The van der Waals surface area contributed by atoms with Gasteiger partial charge in [0.05, 0.1) is 6.20 Å². The number of nitrogens with one attached hydrogen (secondary N) is 2. The third-order valence-corrected chi connectivity index (χ3v) is 4.87. The molecule has 3 rings (SSSR count). The number of halogens is 1. The molecule has 1 aromatic heterocycles. The molecule has 1 aliphatic rings. The second-order valence-corrected chi connectivity index (χ2v) is 6.46. The molecular weight excluding hydrogens is 298 g/mol. The van der Waals surface area contributed by atoms with Crippen molar-refractivity contribution in [2.24, 2.45) is 0 Å². The first-order valence-electron chi connectivity index (χ1n) is 7.73. The maximum atomic E-state index is 6.03. The van der Waals surface area contributed by atoms with Crippen LogP contribution in [0, 0.1) is 6.92 Å². The summed E-state index contributed by atoms with van der Waals surface area (Å²) in [5, 5.41) is 11.4. The van der Waals surface area contributed by atoms with E-state index in [0.717, 1.165) is 49.9 Å². The number of hydrogen-bond acceptors (Lipinski definition) is 3. The molecule has 2 aromatic rings. The molecule has 1 aliphatic heterocycles. The van der Waals surface area contributed by atoms with Crippen LogP contribution in [0.3, 0.4) is 0 Å². The van der Waals surface area contributed by atoms with Crippen LogP contribution >= 0.6 is 11.6 Å². The summed E-state index contributed by atoms with van der Waals surface area (Å²) in [6, 6.07) is 8.26. The number of hydrogen-bond donors (Lipinski definition) is 2. The van der Waals surface area contributed by atoms with E-state index in [4.69, 9.17) is 16.3 Å². The molecule has 0 bridgehead atoms. The number of aryl methyl sites for hydroxylation is 1. The largest absolute Gasteiger partial charge is 0.381 e. The maximum Gasteiger partial charge on any atom is 0.0535 e. The van der Waals surface area contributed by atoms with Gasteiger partial charge in [-0.15, -0.1) is 0 Å². The molecule has 0 unspecified atom stereocenters. The highest BCUT2D eigenvalue weighted by Crippen LogP contribution is 2.35. The van der Waals surface area contributed by atoms with Crippen LogP contribution in [0.15, 0.2) is 30.5 Å². The molecule has 0 atom stereocenters. The van der Waals surface area contributed by atoms with E-state index in [0.29, 0.717) is 0 Å². The number of rotatable bonds is 5. The fraction of sp³-hybridized carbons (Fsp3) is 0.471. The van der Waals surface area contributed by atoms with E-state index in [1.165, 1.54) is 11.1 Å². The quantitative estimate of drug-likeness (QED) is 0.889. The van der Waals surface area contributed by atoms with Gasteiger partial charge in [-0.25, -0.2) is 0 Å². The van der Waals surface area contributed by atoms with Crippen molar-refractivity contribution in [3.8, 4) is 0 Å². The summed E-state index contributed by atoms with van der Waals surface area (Å²) in [5.74, 6) is 0. The van der Waals surface area contributed by atoms with E-state index in [9.17, 15) is 0 Å². The Bertz CT molecular complexity index is 603. The second-order valence-electron chi connectivity index (χ2n) is 6.02. The van der Waals surface area contributed by atoms with E-state index >= 15 is 0 Å². The van der Waals surface area contributed by atoms with Crippen molar-refractivity contribution >= 4 is 11.6 Å². The lowest BCUT2D eigenvalue weighted by atomic mass is 9.74. The second kappa shape index (κ2) is 6.82. The van der Waals surface area contributed by atoms with Crippen molar-refractivity contribution in [2.75, 3.05) is 19.8 Å². The lowest BCUT2D eigenvalue weighted by molar-refractivity contribution is 0.0498. The monoisotopic (exact) mass is 319 g/mol. The highest BCUT2D eigenvalue weighted by molar-refractivity contribution is 6.30. The summed E-state index contributed by atoms with van der Waals surface area (Å²) in [5.41, 5.74) is 3.82. The van der Waals surface area contributed by atoms with Crippen molar-refractivity contribution in [1.29, 1.82) is 0 Å². The number of aromatic nitrogens is 2. The van der Waals surface area contributed by atoms with Gasteiger partial charge in [-0.05, 0) is 37.5 Å². The van der Waals surface area contributed by atoms with Gasteiger partial charge in [0.1, 0.15) is 0 Å². The Morgan fingerprint density at radius 3 is 2.64 bits per heavy atom. The average Bonchev–Trinajstić information content (AvgIpc) is 2.94. The Hall–Kier alpha value is -1.36. The van der Waals surface area contributed by atoms with E-state index in [1.54, 1.807) is 0 Å². The zero-order chi connectivity index (χ0) is 15.4. The van der Waals surface area contributed by atoms with Gasteiger partial charge < -0.3 is 10.1 Å². The molecule has 2 heterocycles. The van der Waals surface area contributed by atoms with Crippen LogP contribution < -0.4 is 5.32 Å². The molecule has 4 nitrogen and oxygen atoms in total. The van der Waals surface area contributed by atoms with E-state index in [1.807, 2.05) is 25.3 Å². The number of ether oxygens (including phenoxy) is 1. The Balaban J connectivity index is 1.72. The van der Waals surface area contributed by atoms with E-state index in [-0.39, 0.29) is 5.41 Å². The van der Waals surface area contributed by atoms with Gasteiger partial charge in [0.15, 0.2) is 0 Å². The minimum absolute atomic E-state index is 0.125. The molecule has 0 amide bonds. The molecular formula is C17H22ClN3O. The standard InChI is InChI=1S/C17H22ClN3O/c1-13-14(11-20-21-13)10-19-12-17(6-8-22-9-7-17)15-2-4-16(18)5-3-15/h2-5,11,19H,6-10,12H2,1H3,(H,20,21). The van der Waals surface area contributed by atoms with Crippen molar-refractivity contribution < 1.29 is 4.74 Å². The molecule has 118 valence electrons. The molecule has 1 fully saturated rings. The first kappa shape index (κ1) is 15.5. The smallest absolute Gasteiger partial charge is 0.0535 e. The average molecular weight is 320 g/mol. The van der Waals surface area contributed by atoms with Crippen molar-refractivity contribution in [3.05, 3.63) is 52.3 Å². The van der Waals surface area contributed by atoms with Crippen LogP contribution in [-0.4, -0.2) is 30.0 Å². The van der Waals surface area contributed by atoms with Gasteiger partial charge in [-0.2, -0.15) is 5.10 Å². The summed E-state index contributed by atoms with van der Waals surface area (Å²) in [6.07, 6.45) is 3.96. The SMILES string of the molecule is Cc1[nH]ncc1CNCC1(c2ccc(Cl)cc2)CCOCC1. The highest BCUT2D eigenvalue weighted by atomic mass is 35.5. The molecule has 1 aromatic carbocycles. The first-order chi connectivity index (χ1) is 10.7. The van der Waals surface area contributed by atoms with Gasteiger partial charge >= 0.3 is 0 Å². The van der Waals surface area contributed by atoms with Gasteiger partial charge in [0, 0.05) is 48.0 Å². The first-order valence-corrected chi connectivity index (χ1v) is 8.11. The zero-order valence-electron chi connectivity index (χ0n) is 12.9. The summed E-state index contributed by atoms with van der Waals surface area (Å²) < 4.78 is 5.57. The van der Waals surface area contributed by atoms with Gasteiger partial charge in [0.2, 0.25) is 0 Å². The molecule has 0 aliphatic carbocycles. The minimum atomic E-state index is 0.125. The number of H-pyrrole nitrogens is 1. The summed E-state index contributed by atoms with van der Waals surface area (Å²) in [7, 11) is 0. The molecule has 1 saturated heterocycles. The van der Waals surface area contributed by atoms with E-state index < -0.39 is 0 Å². The Morgan fingerprint density at radius 1 is 1.27 bits per heavy atom. The van der Waals surface area contributed by atoms with Crippen LogP contribution in [-0.2, 0) is 16.7 Å². The normalized spacial score (nSPS) is 17.5. The fourth-order valence-corrected chi connectivity index (χ4v) is 3.25.